The molecule has 0 bridgehead atoms. The van der Waals surface area contributed by atoms with Crippen molar-refractivity contribution >= 4 is 44.9 Å². The molecule has 2 N–H and O–H groups in total. The standard InChI is InChI=1S/C32H35N7O3/c1-22-7-5-8-23(15-22)20-39-29-11-10-25(16-24(29)19-35-39)36-32-26-17-28(37-31(40)9-6-12-38(2)3)30(42-14-13-41-4)18-27(26)33-21-34-32/h5-11,15-19,21H,12-14,20H2,1-4H3,(H,37,40)(H,33,34,36). The van der Waals surface area contributed by atoms with Gasteiger partial charge in [0.1, 0.15) is 24.5 Å². The van der Waals surface area contributed by atoms with Gasteiger partial charge in [0.05, 0.1) is 36.1 Å². The van der Waals surface area contributed by atoms with E-state index in [1.807, 2.05) is 48.1 Å². The highest BCUT2D eigenvalue weighted by atomic mass is 16.5. The van der Waals surface area contributed by atoms with Crippen LogP contribution in [0.1, 0.15) is 11.1 Å². The fourth-order valence-corrected chi connectivity index (χ4v) is 4.59. The molecular weight excluding hydrogens is 530 g/mol. The maximum absolute atomic E-state index is 12.7. The van der Waals surface area contributed by atoms with E-state index in [4.69, 9.17) is 9.47 Å². The van der Waals surface area contributed by atoms with E-state index in [0.29, 0.717) is 49.1 Å². The number of carbonyl (C=O) groups is 1. The number of carbonyl (C=O) groups excluding carboxylic acids is 1. The Balaban J connectivity index is 1.42. The van der Waals surface area contributed by atoms with E-state index < -0.39 is 0 Å². The maximum Gasteiger partial charge on any atom is 0.248 e. The average molecular weight is 566 g/mol. The van der Waals surface area contributed by atoms with Crippen LogP contribution in [-0.4, -0.2) is 71.5 Å². The Morgan fingerprint density at radius 3 is 2.76 bits per heavy atom. The van der Waals surface area contributed by atoms with Crippen LogP contribution >= 0.6 is 0 Å². The van der Waals surface area contributed by atoms with Crippen LogP contribution in [0, 0.1) is 6.92 Å². The molecule has 0 atom stereocenters. The van der Waals surface area contributed by atoms with Crippen molar-refractivity contribution in [3.05, 3.63) is 90.4 Å². The molecule has 5 rings (SSSR count). The van der Waals surface area contributed by atoms with E-state index in [1.54, 1.807) is 19.3 Å². The van der Waals surface area contributed by atoms with Crippen LogP contribution in [0.2, 0.25) is 0 Å². The number of nitrogens with zero attached hydrogens (tertiary/aromatic N) is 5. The summed E-state index contributed by atoms with van der Waals surface area (Å²) in [7, 11) is 5.49. The smallest absolute Gasteiger partial charge is 0.248 e. The normalized spacial score (nSPS) is 11.5. The van der Waals surface area contributed by atoms with Crippen molar-refractivity contribution < 1.29 is 14.3 Å². The number of likely N-dealkylation sites (N-methyl/N-ethyl adjacent to an activating group) is 1. The number of benzene rings is 3. The minimum absolute atomic E-state index is 0.257. The number of aromatic nitrogens is 4. The fraction of sp³-hybridized carbons (Fsp3) is 0.250. The van der Waals surface area contributed by atoms with E-state index in [9.17, 15) is 4.79 Å². The lowest BCUT2D eigenvalue weighted by Crippen LogP contribution is -2.14. The summed E-state index contributed by atoms with van der Waals surface area (Å²) < 4.78 is 13.1. The lowest BCUT2D eigenvalue weighted by Gasteiger charge is -2.15. The molecule has 1 amide bonds. The summed E-state index contributed by atoms with van der Waals surface area (Å²) in [5, 5.41) is 12.7. The van der Waals surface area contributed by atoms with Gasteiger partial charge in [0.2, 0.25) is 5.91 Å². The molecule has 0 saturated heterocycles. The molecule has 0 unspecified atom stereocenters. The first-order chi connectivity index (χ1) is 20.4. The fourth-order valence-electron chi connectivity index (χ4n) is 4.59. The van der Waals surface area contributed by atoms with Gasteiger partial charge >= 0.3 is 0 Å². The molecule has 10 nitrogen and oxygen atoms in total. The van der Waals surface area contributed by atoms with Gasteiger partial charge in [0.25, 0.3) is 0 Å². The molecule has 0 spiro atoms. The second-order valence-corrected chi connectivity index (χ2v) is 10.3. The largest absolute Gasteiger partial charge is 0.489 e. The van der Waals surface area contributed by atoms with Gasteiger partial charge in [-0.15, -0.1) is 0 Å². The molecular formula is C32H35N7O3. The van der Waals surface area contributed by atoms with Gasteiger partial charge < -0.3 is 25.0 Å². The molecule has 216 valence electrons. The number of rotatable bonds is 12. The number of ether oxygens (including phenoxy) is 2. The molecule has 0 aliphatic heterocycles. The van der Waals surface area contributed by atoms with Crippen LogP contribution < -0.4 is 15.4 Å². The van der Waals surface area contributed by atoms with Gasteiger partial charge in [0, 0.05) is 42.3 Å². The van der Waals surface area contributed by atoms with Crippen LogP contribution in [0.5, 0.6) is 5.75 Å². The molecule has 0 aliphatic carbocycles. The van der Waals surface area contributed by atoms with Gasteiger partial charge in [-0.3, -0.25) is 9.48 Å². The van der Waals surface area contributed by atoms with Gasteiger partial charge in [-0.2, -0.15) is 5.10 Å². The number of hydrogen-bond donors (Lipinski definition) is 2. The minimum atomic E-state index is -0.257. The van der Waals surface area contributed by atoms with Crippen LogP contribution in [0.15, 0.2) is 79.3 Å². The zero-order valence-electron chi connectivity index (χ0n) is 24.3. The van der Waals surface area contributed by atoms with Crippen molar-refractivity contribution in [2.45, 2.75) is 13.5 Å². The Hall–Kier alpha value is -4.80. The van der Waals surface area contributed by atoms with Gasteiger partial charge in [-0.1, -0.05) is 35.9 Å². The lowest BCUT2D eigenvalue weighted by atomic mass is 10.1. The molecule has 42 heavy (non-hydrogen) atoms. The highest BCUT2D eigenvalue weighted by Crippen LogP contribution is 2.34. The summed E-state index contributed by atoms with van der Waals surface area (Å²) >= 11 is 0. The SMILES string of the molecule is COCCOc1cc2ncnc(Nc3ccc4c(cnn4Cc4cccc(C)c4)c3)c2cc1NC(=O)C=CCN(C)C. The molecule has 3 aromatic carbocycles. The molecule has 2 heterocycles. The molecule has 10 heteroatoms. The van der Waals surface area contributed by atoms with Crippen LogP contribution in [-0.2, 0) is 16.1 Å². The first-order valence-electron chi connectivity index (χ1n) is 13.7. The topological polar surface area (TPSA) is 106 Å². The minimum Gasteiger partial charge on any atom is -0.489 e. The first kappa shape index (κ1) is 28.7. The Morgan fingerprint density at radius 1 is 1.07 bits per heavy atom. The summed E-state index contributed by atoms with van der Waals surface area (Å²) in [5.74, 6) is 0.849. The van der Waals surface area contributed by atoms with Gasteiger partial charge in [-0.05, 0) is 50.8 Å². The van der Waals surface area contributed by atoms with Crippen LogP contribution in [0.3, 0.4) is 0 Å². The van der Waals surface area contributed by atoms with Crippen molar-refractivity contribution in [1.82, 2.24) is 24.6 Å². The monoisotopic (exact) mass is 565 g/mol. The van der Waals surface area contributed by atoms with Crippen molar-refractivity contribution in [2.24, 2.45) is 0 Å². The zero-order valence-corrected chi connectivity index (χ0v) is 24.3. The summed E-state index contributed by atoms with van der Waals surface area (Å²) in [5.41, 5.74) is 5.52. The van der Waals surface area contributed by atoms with Crippen LogP contribution in [0.4, 0.5) is 17.2 Å². The average Bonchev–Trinajstić information content (AvgIpc) is 3.35. The Morgan fingerprint density at radius 2 is 1.95 bits per heavy atom. The number of amides is 1. The molecule has 2 aromatic heterocycles. The summed E-state index contributed by atoms with van der Waals surface area (Å²) in [6, 6.07) is 18.2. The second kappa shape index (κ2) is 13.2. The molecule has 0 saturated carbocycles. The highest BCUT2D eigenvalue weighted by Gasteiger charge is 2.14. The van der Waals surface area contributed by atoms with Gasteiger partial charge in [0.15, 0.2) is 0 Å². The van der Waals surface area contributed by atoms with Crippen molar-refractivity contribution in [3.8, 4) is 5.75 Å². The third kappa shape index (κ3) is 7.09. The van der Waals surface area contributed by atoms with E-state index in [1.165, 1.54) is 23.5 Å². The Kier molecular flexibility index (Phi) is 9.05. The molecule has 0 fully saturated rings. The summed E-state index contributed by atoms with van der Waals surface area (Å²) in [4.78, 5) is 23.6. The molecule has 0 radical (unpaired) electrons. The number of hydrogen-bond acceptors (Lipinski definition) is 8. The van der Waals surface area contributed by atoms with E-state index in [2.05, 4.69) is 63.0 Å². The number of fused-ring (bicyclic) bond motifs is 2. The Bertz CT molecular complexity index is 1730. The second-order valence-electron chi connectivity index (χ2n) is 10.3. The lowest BCUT2D eigenvalue weighted by molar-refractivity contribution is -0.111. The predicted octanol–water partition coefficient (Wildman–Crippen LogP) is 5.16. The van der Waals surface area contributed by atoms with E-state index in [0.717, 1.165) is 22.0 Å². The van der Waals surface area contributed by atoms with Crippen LogP contribution in [0.25, 0.3) is 21.8 Å². The molecule has 5 aromatic rings. The summed E-state index contributed by atoms with van der Waals surface area (Å²) in [6.45, 7) is 4.18. The van der Waals surface area contributed by atoms with E-state index >= 15 is 0 Å². The third-order valence-corrected chi connectivity index (χ3v) is 6.60. The quantitative estimate of drug-likeness (QED) is 0.158. The van der Waals surface area contributed by atoms with Crippen molar-refractivity contribution in [1.29, 1.82) is 0 Å². The first-order valence-corrected chi connectivity index (χ1v) is 13.7. The van der Waals surface area contributed by atoms with Crippen molar-refractivity contribution in [3.63, 3.8) is 0 Å². The van der Waals surface area contributed by atoms with Gasteiger partial charge in [-0.25, -0.2) is 9.97 Å². The van der Waals surface area contributed by atoms with Crippen molar-refractivity contribution in [2.75, 3.05) is 51.6 Å². The summed E-state index contributed by atoms with van der Waals surface area (Å²) in [6.07, 6.45) is 6.69. The maximum atomic E-state index is 12.7. The third-order valence-electron chi connectivity index (χ3n) is 6.60. The molecule has 0 aliphatic rings. The number of nitrogens with one attached hydrogen (secondary N) is 2. The Labute approximate surface area is 245 Å². The number of methoxy groups -OCH3 is 1. The number of aryl methyl sites for hydroxylation is 1. The number of anilines is 3. The highest BCUT2D eigenvalue weighted by molar-refractivity contribution is 6.03. The zero-order chi connectivity index (χ0) is 29.5. The van der Waals surface area contributed by atoms with E-state index in [-0.39, 0.29) is 5.91 Å². The predicted molar refractivity (Wildman–Crippen MR) is 167 cm³/mol.